The van der Waals surface area contributed by atoms with Gasteiger partial charge in [-0.1, -0.05) is 44.4 Å². The van der Waals surface area contributed by atoms with Crippen LogP contribution in [0.1, 0.15) is 56.6 Å². The molecule has 0 unspecified atom stereocenters. The van der Waals surface area contributed by atoms with Gasteiger partial charge in [-0.25, -0.2) is 8.42 Å². The molecule has 1 aliphatic rings. The van der Waals surface area contributed by atoms with E-state index in [9.17, 15) is 28.1 Å². The van der Waals surface area contributed by atoms with Crippen LogP contribution in [-0.4, -0.2) is 62.9 Å². The largest absolute Gasteiger partial charge is 0.497 e. The molecule has 3 aromatic carbocycles. The van der Waals surface area contributed by atoms with Crippen LogP contribution in [0.4, 0.5) is 11.4 Å². The van der Waals surface area contributed by atoms with Gasteiger partial charge in [-0.15, -0.1) is 0 Å². The average molecular weight is 667 g/mol. The van der Waals surface area contributed by atoms with Gasteiger partial charge in [0.2, 0.25) is 11.8 Å². The summed E-state index contributed by atoms with van der Waals surface area (Å²) in [6.07, 6.45) is 5.16. The molecule has 0 heterocycles. The number of nitrogens with zero attached hydrogens (tertiary/aromatic N) is 3. The molecule has 0 aliphatic heterocycles. The molecular weight excluding hydrogens is 624 g/mol. The SMILES string of the molecule is CC[C@@H](C(=O)NC1CCCCC1)N(Cc1ccc(OC)cc1)C(=O)CN(c1ccc(OC)cc1)S(=O)(=O)c1ccc(C)c([N+](=O)[O-])c1. The van der Waals surface area contributed by atoms with E-state index in [1.54, 1.807) is 43.5 Å². The number of sulfonamides is 1. The van der Waals surface area contributed by atoms with Gasteiger partial charge in [-0.2, -0.15) is 0 Å². The molecule has 1 fully saturated rings. The topological polar surface area (TPSA) is 148 Å². The van der Waals surface area contributed by atoms with Crippen LogP contribution in [0.15, 0.2) is 71.6 Å². The van der Waals surface area contributed by atoms with Crippen LogP contribution in [-0.2, 0) is 26.2 Å². The van der Waals surface area contributed by atoms with Crippen LogP contribution < -0.4 is 19.1 Å². The van der Waals surface area contributed by atoms with Gasteiger partial charge >= 0.3 is 0 Å². The Hall–Kier alpha value is -4.65. The maximum absolute atomic E-state index is 14.4. The van der Waals surface area contributed by atoms with Crippen molar-refractivity contribution in [2.24, 2.45) is 0 Å². The molecule has 1 aliphatic carbocycles. The summed E-state index contributed by atoms with van der Waals surface area (Å²) in [6, 6.07) is 15.9. The molecule has 4 rings (SSSR count). The number of methoxy groups -OCH3 is 2. The second-order valence-corrected chi connectivity index (χ2v) is 13.4. The number of nitro benzene ring substituents is 1. The molecular formula is C34H42N4O8S. The van der Waals surface area contributed by atoms with E-state index in [-0.39, 0.29) is 34.8 Å². The molecule has 1 atom stereocenters. The summed E-state index contributed by atoms with van der Waals surface area (Å²) in [5, 5.41) is 14.8. The number of amides is 2. The number of carbonyl (C=O) groups excluding carboxylic acids is 2. The molecule has 2 amide bonds. The Morgan fingerprint density at radius 2 is 1.55 bits per heavy atom. The minimum absolute atomic E-state index is 0.0109. The first kappa shape index (κ1) is 35.2. The van der Waals surface area contributed by atoms with Crippen molar-refractivity contribution in [2.45, 2.75) is 75.9 Å². The minimum atomic E-state index is -4.51. The van der Waals surface area contributed by atoms with E-state index in [1.807, 2.05) is 6.92 Å². The third-order valence-corrected chi connectivity index (χ3v) is 10.2. The van der Waals surface area contributed by atoms with Crippen molar-refractivity contribution in [3.05, 3.63) is 88.0 Å². The summed E-state index contributed by atoms with van der Waals surface area (Å²) in [5.41, 5.74) is 0.794. The smallest absolute Gasteiger partial charge is 0.273 e. The monoisotopic (exact) mass is 666 g/mol. The summed E-state index contributed by atoms with van der Waals surface area (Å²) in [6.45, 7) is 2.69. The zero-order valence-electron chi connectivity index (χ0n) is 27.2. The predicted molar refractivity (Wildman–Crippen MR) is 178 cm³/mol. The Labute approximate surface area is 275 Å². The molecule has 0 saturated heterocycles. The van der Waals surface area contributed by atoms with E-state index in [2.05, 4.69) is 5.32 Å². The Morgan fingerprint density at radius 1 is 0.957 bits per heavy atom. The number of nitrogens with one attached hydrogen (secondary N) is 1. The third kappa shape index (κ3) is 8.59. The van der Waals surface area contributed by atoms with E-state index in [4.69, 9.17) is 9.47 Å². The maximum Gasteiger partial charge on any atom is 0.273 e. The molecule has 47 heavy (non-hydrogen) atoms. The Bertz CT molecular complexity index is 1660. The van der Waals surface area contributed by atoms with E-state index in [0.717, 1.165) is 48.0 Å². The fraction of sp³-hybridized carbons (Fsp3) is 0.412. The number of benzene rings is 3. The zero-order valence-corrected chi connectivity index (χ0v) is 28.0. The molecule has 0 spiro atoms. The summed E-state index contributed by atoms with van der Waals surface area (Å²) >= 11 is 0. The van der Waals surface area contributed by atoms with E-state index < -0.39 is 33.4 Å². The summed E-state index contributed by atoms with van der Waals surface area (Å²) in [7, 11) is -1.49. The van der Waals surface area contributed by atoms with Crippen LogP contribution in [0.25, 0.3) is 0 Å². The highest BCUT2D eigenvalue weighted by Gasteiger charge is 2.35. The molecule has 12 nitrogen and oxygen atoms in total. The number of aryl methyl sites for hydroxylation is 1. The first-order valence-electron chi connectivity index (χ1n) is 15.6. The maximum atomic E-state index is 14.4. The first-order chi connectivity index (χ1) is 22.5. The fourth-order valence-corrected chi connectivity index (χ4v) is 7.18. The molecule has 0 radical (unpaired) electrons. The van der Waals surface area contributed by atoms with Crippen LogP contribution in [0, 0.1) is 17.0 Å². The van der Waals surface area contributed by atoms with Gasteiger partial charge in [-0.3, -0.25) is 24.0 Å². The lowest BCUT2D eigenvalue weighted by molar-refractivity contribution is -0.385. The lowest BCUT2D eigenvalue weighted by Gasteiger charge is -2.34. The van der Waals surface area contributed by atoms with E-state index in [0.29, 0.717) is 23.5 Å². The number of hydrogen-bond donors (Lipinski definition) is 1. The van der Waals surface area contributed by atoms with Gasteiger partial charge in [0.25, 0.3) is 15.7 Å². The van der Waals surface area contributed by atoms with E-state index in [1.165, 1.54) is 43.2 Å². The highest BCUT2D eigenvalue weighted by molar-refractivity contribution is 7.92. The Morgan fingerprint density at radius 3 is 2.11 bits per heavy atom. The van der Waals surface area contributed by atoms with Crippen molar-refractivity contribution in [1.82, 2.24) is 10.2 Å². The van der Waals surface area contributed by atoms with Crippen LogP contribution in [0.5, 0.6) is 11.5 Å². The fourth-order valence-electron chi connectivity index (χ4n) is 5.74. The minimum Gasteiger partial charge on any atom is -0.497 e. The number of rotatable bonds is 14. The molecule has 3 aromatic rings. The lowest BCUT2D eigenvalue weighted by atomic mass is 9.95. The standard InChI is InChI=1S/C34H42N4O8S/c1-5-31(34(40)35-26-9-7-6-8-10-26)36(22-25-12-16-28(45-3)17-13-25)33(39)23-37(27-14-18-29(46-4)19-15-27)47(43,44)30-20-11-24(2)32(21-30)38(41)42/h11-21,26,31H,5-10,22-23H2,1-4H3,(H,35,40)/t31-/m0/s1. The summed E-state index contributed by atoms with van der Waals surface area (Å²) in [4.78, 5) is 40.2. The van der Waals surface area contributed by atoms with Gasteiger partial charge in [0.15, 0.2) is 0 Å². The number of carbonyl (C=O) groups is 2. The summed E-state index contributed by atoms with van der Waals surface area (Å²) in [5.74, 6) is 0.175. The lowest BCUT2D eigenvalue weighted by Crippen LogP contribution is -2.54. The highest BCUT2D eigenvalue weighted by Crippen LogP contribution is 2.30. The van der Waals surface area contributed by atoms with Gasteiger partial charge < -0.3 is 19.7 Å². The zero-order chi connectivity index (χ0) is 34.1. The molecule has 1 saturated carbocycles. The molecule has 0 aromatic heterocycles. The second kappa shape index (κ2) is 15.8. The van der Waals surface area contributed by atoms with Crippen molar-refractivity contribution >= 4 is 33.2 Å². The van der Waals surface area contributed by atoms with Gasteiger partial charge in [0, 0.05) is 24.2 Å². The Balaban J connectivity index is 1.75. The molecule has 1 N–H and O–H groups in total. The first-order valence-corrected chi connectivity index (χ1v) is 17.1. The predicted octanol–water partition coefficient (Wildman–Crippen LogP) is 5.37. The number of anilines is 1. The van der Waals surface area contributed by atoms with Gasteiger partial charge in [0.1, 0.15) is 24.1 Å². The van der Waals surface area contributed by atoms with Gasteiger partial charge in [-0.05, 0) is 74.2 Å². The van der Waals surface area contributed by atoms with Crippen molar-refractivity contribution in [1.29, 1.82) is 0 Å². The van der Waals surface area contributed by atoms with Crippen LogP contribution >= 0.6 is 0 Å². The Kier molecular flexibility index (Phi) is 11.8. The second-order valence-electron chi connectivity index (χ2n) is 11.6. The number of nitro groups is 1. The highest BCUT2D eigenvalue weighted by atomic mass is 32.2. The molecule has 252 valence electrons. The van der Waals surface area contributed by atoms with Crippen molar-refractivity contribution < 1.29 is 32.4 Å². The normalized spacial score (nSPS) is 14.1. The molecule has 13 heteroatoms. The quantitative estimate of drug-likeness (QED) is 0.178. The summed E-state index contributed by atoms with van der Waals surface area (Å²) < 4.78 is 39.8. The van der Waals surface area contributed by atoms with Crippen molar-refractivity contribution in [3.8, 4) is 11.5 Å². The average Bonchev–Trinajstić information content (AvgIpc) is 3.07. The third-order valence-electron chi connectivity index (χ3n) is 8.45. The van der Waals surface area contributed by atoms with Crippen LogP contribution in [0.2, 0.25) is 0 Å². The molecule has 0 bridgehead atoms. The van der Waals surface area contributed by atoms with E-state index >= 15 is 0 Å². The number of ether oxygens (including phenoxy) is 2. The van der Waals surface area contributed by atoms with Crippen molar-refractivity contribution in [2.75, 3.05) is 25.1 Å². The van der Waals surface area contributed by atoms with Crippen LogP contribution in [0.3, 0.4) is 0 Å². The van der Waals surface area contributed by atoms with Crippen molar-refractivity contribution in [3.63, 3.8) is 0 Å². The number of hydrogen-bond acceptors (Lipinski definition) is 8. The van der Waals surface area contributed by atoms with Gasteiger partial charge in [0.05, 0.1) is 29.7 Å².